The van der Waals surface area contributed by atoms with E-state index >= 15 is 0 Å². The number of anilines is 1. The van der Waals surface area contributed by atoms with Crippen LogP contribution in [0.4, 0.5) is 18.9 Å². The number of aryl methyl sites for hydroxylation is 1. The summed E-state index contributed by atoms with van der Waals surface area (Å²) in [6.07, 6.45) is -0.936. The van der Waals surface area contributed by atoms with Crippen molar-refractivity contribution >= 4 is 29.1 Å². The predicted molar refractivity (Wildman–Crippen MR) is 133 cm³/mol. The van der Waals surface area contributed by atoms with Crippen LogP contribution in [0.2, 0.25) is 5.02 Å². The Morgan fingerprint density at radius 2 is 1.95 bits per heavy atom. The Morgan fingerprint density at radius 1 is 1.18 bits per heavy atom. The van der Waals surface area contributed by atoms with Gasteiger partial charge in [-0.25, -0.2) is 4.98 Å². The van der Waals surface area contributed by atoms with Crippen molar-refractivity contribution in [2.75, 3.05) is 25.7 Å². The number of carbonyl (C=O) groups excluding carboxylic acids is 2. The minimum Gasteiger partial charge on any atom is -0.491 e. The maximum absolute atomic E-state index is 13.6. The van der Waals surface area contributed by atoms with Gasteiger partial charge in [0.1, 0.15) is 0 Å². The molecule has 1 unspecified atom stereocenters. The molecule has 13 heteroatoms. The van der Waals surface area contributed by atoms with Gasteiger partial charge in [-0.3, -0.25) is 14.3 Å². The van der Waals surface area contributed by atoms with Gasteiger partial charge in [0.05, 0.1) is 54.5 Å². The zero-order valence-corrected chi connectivity index (χ0v) is 21.6. The number of hydrogen-bond acceptors (Lipinski definition) is 6. The summed E-state index contributed by atoms with van der Waals surface area (Å²) in [6, 6.07) is 3.83. The third kappa shape index (κ3) is 5.26. The van der Waals surface area contributed by atoms with Crippen molar-refractivity contribution in [2.24, 2.45) is 0 Å². The van der Waals surface area contributed by atoms with Gasteiger partial charge in [-0.05, 0) is 31.0 Å². The molecule has 2 aromatic heterocycles. The van der Waals surface area contributed by atoms with E-state index < -0.39 is 29.3 Å². The maximum Gasteiger partial charge on any atom is 0.417 e. The summed E-state index contributed by atoms with van der Waals surface area (Å²) in [5.41, 5.74) is -0.453. The molecule has 3 heterocycles. The highest BCUT2D eigenvalue weighted by Gasteiger charge is 2.38. The Hall–Kier alpha value is -3.80. The Bertz CT molecular complexity index is 1360. The van der Waals surface area contributed by atoms with Gasteiger partial charge in [0.2, 0.25) is 0 Å². The molecule has 0 saturated carbocycles. The van der Waals surface area contributed by atoms with Crippen molar-refractivity contribution in [2.45, 2.75) is 38.5 Å². The number of ether oxygens (including phenoxy) is 2. The number of aromatic nitrogens is 3. The van der Waals surface area contributed by atoms with E-state index in [2.05, 4.69) is 15.4 Å². The second-order valence-corrected chi connectivity index (χ2v) is 8.97. The highest BCUT2D eigenvalue weighted by molar-refractivity contribution is 6.30. The van der Waals surface area contributed by atoms with Crippen molar-refractivity contribution < 1.29 is 32.2 Å². The van der Waals surface area contributed by atoms with E-state index in [1.807, 2.05) is 6.92 Å². The summed E-state index contributed by atoms with van der Waals surface area (Å²) in [5, 5.41) is 6.97. The largest absolute Gasteiger partial charge is 0.491 e. The normalized spacial score (nSPS) is 15.1. The number of methoxy groups -OCH3 is 2. The molecule has 0 spiro atoms. The first kappa shape index (κ1) is 27.2. The number of alkyl halides is 3. The number of pyridine rings is 1. The molecule has 202 valence electrons. The molecule has 38 heavy (non-hydrogen) atoms. The van der Waals surface area contributed by atoms with E-state index in [0.717, 1.165) is 12.1 Å². The molecule has 1 aliphatic rings. The molecular formula is C25H25ClF3N5O4. The third-order valence-corrected chi connectivity index (χ3v) is 6.35. The van der Waals surface area contributed by atoms with Crippen LogP contribution in [-0.4, -0.2) is 47.3 Å². The van der Waals surface area contributed by atoms with Crippen LogP contribution in [0, 0.1) is 0 Å². The van der Waals surface area contributed by atoms with E-state index in [4.69, 9.17) is 21.1 Å². The second kappa shape index (κ2) is 10.9. The van der Waals surface area contributed by atoms with Crippen LogP contribution in [0.5, 0.6) is 11.6 Å². The number of carbonyl (C=O) groups is 2. The lowest BCUT2D eigenvalue weighted by Crippen LogP contribution is -2.42. The third-order valence-electron chi connectivity index (χ3n) is 6.12. The molecule has 1 aromatic carbocycles. The van der Waals surface area contributed by atoms with Gasteiger partial charge in [0.25, 0.3) is 17.7 Å². The summed E-state index contributed by atoms with van der Waals surface area (Å²) < 4.78 is 52.9. The predicted octanol–water partition coefficient (Wildman–Crippen LogP) is 4.90. The fraction of sp³-hybridized carbons (Fsp3) is 0.360. The topological polar surface area (TPSA) is 98.6 Å². The summed E-state index contributed by atoms with van der Waals surface area (Å²) in [5.74, 6) is -0.774. The van der Waals surface area contributed by atoms with Gasteiger partial charge < -0.3 is 19.7 Å². The number of rotatable bonds is 7. The standard InChI is InChI=1S/C25H25ClF3N5O4/c1-4-8-34-21-18(32-22(35)16-6-5-15(26)11-17(16)25(27,28)29)7-9-33(19(21)13-31-34)24(36)14-10-20(37-2)23(38-3)30-12-14/h5-6,10-13,18H,4,7-9H2,1-3H3,(H,32,35). The molecule has 4 rings (SSSR count). The van der Waals surface area contributed by atoms with Gasteiger partial charge >= 0.3 is 6.18 Å². The summed E-state index contributed by atoms with van der Waals surface area (Å²) >= 11 is 5.76. The van der Waals surface area contributed by atoms with Crippen LogP contribution in [0.25, 0.3) is 0 Å². The molecule has 0 aliphatic carbocycles. The quantitative estimate of drug-likeness (QED) is 0.448. The highest BCUT2D eigenvalue weighted by atomic mass is 35.5. The lowest BCUT2D eigenvalue weighted by molar-refractivity contribution is -0.137. The van der Waals surface area contributed by atoms with E-state index in [1.54, 1.807) is 4.68 Å². The molecule has 0 bridgehead atoms. The number of halogens is 4. The SMILES string of the molecule is CCCn1ncc2c1C(NC(=O)c1ccc(Cl)cc1C(F)(F)F)CCN2C(=O)c1cnc(OC)c(OC)c1. The minimum absolute atomic E-state index is 0.131. The Labute approximate surface area is 221 Å². The van der Waals surface area contributed by atoms with E-state index in [9.17, 15) is 22.8 Å². The fourth-order valence-corrected chi connectivity index (χ4v) is 4.57. The number of fused-ring (bicyclic) bond motifs is 1. The molecular weight excluding hydrogens is 527 g/mol. The zero-order valence-electron chi connectivity index (χ0n) is 20.8. The van der Waals surface area contributed by atoms with Crippen LogP contribution in [-0.2, 0) is 12.7 Å². The number of nitrogens with one attached hydrogen (secondary N) is 1. The Kier molecular flexibility index (Phi) is 7.81. The lowest BCUT2D eigenvalue weighted by atomic mass is 10.0. The number of hydrogen-bond donors (Lipinski definition) is 1. The maximum atomic E-state index is 13.6. The molecule has 0 radical (unpaired) electrons. The first-order chi connectivity index (χ1) is 18.1. The average molecular weight is 552 g/mol. The second-order valence-electron chi connectivity index (χ2n) is 8.53. The zero-order chi connectivity index (χ0) is 27.6. The smallest absolute Gasteiger partial charge is 0.417 e. The van der Waals surface area contributed by atoms with Crippen molar-refractivity contribution in [1.82, 2.24) is 20.1 Å². The molecule has 0 saturated heterocycles. The lowest BCUT2D eigenvalue weighted by Gasteiger charge is -2.33. The number of amides is 2. The minimum atomic E-state index is -4.77. The average Bonchev–Trinajstić information content (AvgIpc) is 3.32. The van der Waals surface area contributed by atoms with Crippen LogP contribution in [0.3, 0.4) is 0 Å². The van der Waals surface area contributed by atoms with Gasteiger partial charge in [0.15, 0.2) is 5.75 Å². The number of benzene rings is 1. The molecule has 9 nitrogen and oxygen atoms in total. The van der Waals surface area contributed by atoms with Gasteiger partial charge in [-0.1, -0.05) is 18.5 Å². The summed E-state index contributed by atoms with van der Waals surface area (Å²) in [6.45, 7) is 2.60. The molecule has 2 amide bonds. The highest BCUT2D eigenvalue weighted by Crippen LogP contribution is 2.37. The van der Waals surface area contributed by atoms with Crippen molar-refractivity contribution in [3.8, 4) is 11.6 Å². The van der Waals surface area contributed by atoms with Gasteiger partial charge in [-0.2, -0.15) is 18.3 Å². The molecule has 1 aliphatic heterocycles. The Balaban J connectivity index is 1.67. The van der Waals surface area contributed by atoms with Gasteiger partial charge in [0, 0.05) is 30.4 Å². The summed E-state index contributed by atoms with van der Waals surface area (Å²) in [4.78, 5) is 32.2. The first-order valence-corrected chi connectivity index (χ1v) is 12.1. The van der Waals surface area contributed by atoms with E-state index in [-0.39, 0.29) is 41.1 Å². The van der Waals surface area contributed by atoms with Crippen molar-refractivity contribution in [3.05, 3.63) is 64.1 Å². The molecule has 1 atom stereocenters. The van der Waals surface area contributed by atoms with Crippen LogP contribution < -0.4 is 19.7 Å². The van der Waals surface area contributed by atoms with Crippen molar-refractivity contribution in [1.29, 1.82) is 0 Å². The van der Waals surface area contributed by atoms with Crippen LogP contribution in [0.1, 0.15) is 57.8 Å². The number of nitrogens with zero attached hydrogens (tertiary/aromatic N) is 4. The van der Waals surface area contributed by atoms with E-state index in [0.29, 0.717) is 24.3 Å². The first-order valence-electron chi connectivity index (χ1n) is 11.7. The monoisotopic (exact) mass is 551 g/mol. The summed E-state index contributed by atoms with van der Waals surface area (Å²) in [7, 11) is 2.86. The molecule has 1 N–H and O–H groups in total. The van der Waals surface area contributed by atoms with Crippen molar-refractivity contribution in [3.63, 3.8) is 0 Å². The Morgan fingerprint density at radius 3 is 2.61 bits per heavy atom. The van der Waals surface area contributed by atoms with Crippen LogP contribution >= 0.6 is 11.6 Å². The molecule has 3 aromatic rings. The van der Waals surface area contributed by atoms with Crippen LogP contribution in [0.15, 0.2) is 36.7 Å². The van der Waals surface area contributed by atoms with Gasteiger partial charge in [-0.15, -0.1) is 0 Å². The van der Waals surface area contributed by atoms with E-state index in [1.165, 1.54) is 43.6 Å². The fourth-order valence-electron chi connectivity index (χ4n) is 4.40. The molecule has 0 fully saturated rings.